The number of rotatable bonds is 4. The van der Waals surface area contributed by atoms with Gasteiger partial charge in [-0.15, -0.1) is 11.3 Å². The summed E-state index contributed by atoms with van der Waals surface area (Å²) in [6, 6.07) is 8.52. The van der Waals surface area contributed by atoms with Crippen LogP contribution in [-0.2, 0) is 17.6 Å². The average Bonchev–Trinajstić information content (AvgIpc) is 2.88. The topological polar surface area (TPSA) is 85.6 Å². The molecule has 1 aliphatic rings. The van der Waals surface area contributed by atoms with Crippen molar-refractivity contribution >= 4 is 39.2 Å². The van der Waals surface area contributed by atoms with Crippen molar-refractivity contribution in [3.8, 4) is 0 Å². The molecule has 1 aliphatic carbocycles. The smallest absolute Gasteiger partial charge is 0.349 e. The fraction of sp³-hybridized carbons (Fsp3) is 0.318. The molecule has 1 amide bonds. The van der Waals surface area contributed by atoms with E-state index in [2.05, 4.69) is 5.32 Å². The Morgan fingerprint density at radius 1 is 1.17 bits per heavy atom. The Morgan fingerprint density at radius 2 is 1.97 bits per heavy atom. The highest BCUT2D eigenvalue weighted by Gasteiger charge is 2.27. The van der Waals surface area contributed by atoms with E-state index in [-0.39, 0.29) is 12.2 Å². The maximum atomic E-state index is 12.9. The number of nitrogens with one attached hydrogen (secondary N) is 1. The second-order valence-corrected chi connectivity index (χ2v) is 8.03. The highest BCUT2D eigenvalue weighted by Crippen LogP contribution is 2.38. The molecule has 3 aromatic rings. The largest absolute Gasteiger partial charge is 0.462 e. The van der Waals surface area contributed by atoms with Gasteiger partial charge in [0, 0.05) is 10.3 Å². The molecule has 1 aromatic carbocycles. The van der Waals surface area contributed by atoms with Gasteiger partial charge >= 0.3 is 11.6 Å². The summed E-state index contributed by atoms with van der Waals surface area (Å²) in [4.78, 5) is 38.9. The van der Waals surface area contributed by atoms with Crippen molar-refractivity contribution in [2.45, 2.75) is 39.0 Å². The first-order valence-corrected chi connectivity index (χ1v) is 10.6. The zero-order valence-corrected chi connectivity index (χ0v) is 16.9. The minimum Gasteiger partial charge on any atom is -0.462 e. The molecule has 0 unspecified atom stereocenters. The summed E-state index contributed by atoms with van der Waals surface area (Å²) in [7, 11) is 0. The van der Waals surface area contributed by atoms with Crippen LogP contribution in [0.3, 0.4) is 0 Å². The number of carbonyl (C=O) groups excluding carboxylic acids is 2. The fourth-order valence-electron chi connectivity index (χ4n) is 3.64. The van der Waals surface area contributed by atoms with Crippen LogP contribution >= 0.6 is 11.3 Å². The Morgan fingerprint density at radius 3 is 2.79 bits per heavy atom. The van der Waals surface area contributed by atoms with E-state index in [1.54, 1.807) is 31.2 Å². The van der Waals surface area contributed by atoms with Crippen LogP contribution < -0.4 is 10.9 Å². The molecule has 0 radical (unpaired) electrons. The third kappa shape index (κ3) is 3.82. The van der Waals surface area contributed by atoms with Crippen LogP contribution in [0.2, 0.25) is 0 Å². The zero-order valence-electron chi connectivity index (χ0n) is 16.1. The van der Waals surface area contributed by atoms with Gasteiger partial charge in [-0.05, 0) is 50.3 Å². The summed E-state index contributed by atoms with van der Waals surface area (Å²) in [6.07, 6.45) is 4.83. The van der Waals surface area contributed by atoms with Crippen molar-refractivity contribution in [3.05, 3.63) is 62.3 Å². The molecule has 2 heterocycles. The van der Waals surface area contributed by atoms with Crippen molar-refractivity contribution in [3.63, 3.8) is 0 Å². The molecule has 29 heavy (non-hydrogen) atoms. The van der Waals surface area contributed by atoms with Gasteiger partial charge in [0.05, 0.1) is 12.2 Å². The number of amides is 1. The molecule has 4 rings (SSSR count). The van der Waals surface area contributed by atoms with Crippen molar-refractivity contribution < 1.29 is 18.7 Å². The molecular formula is C22H21NO5S. The number of hydrogen-bond donors (Lipinski definition) is 1. The summed E-state index contributed by atoms with van der Waals surface area (Å²) in [6.45, 7) is 2.01. The van der Waals surface area contributed by atoms with Gasteiger partial charge in [0.25, 0.3) is 5.91 Å². The first-order valence-electron chi connectivity index (χ1n) is 9.74. The van der Waals surface area contributed by atoms with E-state index < -0.39 is 17.5 Å². The summed E-state index contributed by atoms with van der Waals surface area (Å²) in [5.41, 5.74) is 1.00. The molecule has 0 bridgehead atoms. The van der Waals surface area contributed by atoms with E-state index in [1.165, 1.54) is 17.4 Å². The van der Waals surface area contributed by atoms with Crippen LogP contribution in [0.5, 0.6) is 0 Å². The van der Waals surface area contributed by atoms with Crippen LogP contribution in [0.1, 0.15) is 57.3 Å². The summed E-state index contributed by atoms with van der Waals surface area (Å²) < 4.78 is 10.5. The van der Waals surface area contributed by atoms with E-state index in [9.17, 15) is 14.4 Å². The summed E-state index contributed by atoms with van der Waals surface area (Å²) in [5.74, 6) is -1.03. The summed E-state index contributed by atoms with van der Waals surface area (Å²) in [5, 5.41) is 3.86. The number of benzene rings is 1. The van der Waals surface area contributed by atoms with E-state index in [1.807, 2.05) is 0 Å². The lowest BCUT2D eigenvalue weighted by Gasteiger charge is -2.08. The summed E-state index contributed by atoms with van der Waals surface area (Å²) >= 11 is 1.40. The zero-order chi connectivity index (χ0) is 20.4. The molecule has 0 fully saturated rings. The minimum atomic E-state index is -0.711. The second kappa shape index (κ2) is 8.21. The first kappa shape index (κ1) is 19.4. The molecule has 150 valence electrons. The molecule has 1 N–H and O–H groups in total. The molecular weight excluding hydrogens is 390 g/mol. The Bertz CT molecular complexity index is 1140. The van der Waals surface area contributed by atoms with Crippen molar-refractivity contribution in [2.24, 2.45) is 0 Å². The quantitative estimate of drug-likeness (QED) is 0.387. The third-order valence-corrected chi connectivity index (χ3v) is 6.22. The van der Waals surface area contributed by atoms with E-state index in [4.69, 9.17) is 9.15 Å². The SMILES string of the molecule is CCOC(=O)c1c(NC(=O)c2cc3ccccc3oc2=O)sc2c1CCCCC2. The van der Waals surface area contributed by atoms with E-state index in [0.717, 1.165) is 42.5 Å². The van der Waals surface area contributed by atoms with Crippen LogP contribution in [0, 0.1) is 0 Å². The standard InChI is InChI=1S/C22H21NO5S/c1-2-27-22(26)18-14-9-4-3-5-11-17(14)29-20(18)23-19(24)15-12-13-8-6-7-10-16(13)28-21(15)25/h6-8,10,12H,2-5,9,11H2,1H3,(H,23,24). The van der Waals surface area contributed by atoms with Crippen molar-refractivity contribution in [1.29, 1.82) is 0 Å². The van der Waals surface area contributed by atoms with Gasteiger partial charge < -0.3 is 14.5 Å². The van der Waals surface area contributed by atoms with Gasteiger partial charge in [-0.3, -0.25) is 4.79 Å². The van der Waals surface area contributed by atoms with E-state index in [0.29, 0.717) is 21.5 Å². The maximum absolute atomic E-state index is 12.9. The van der Waals surface area contributed by atoms with Crippen LogP contribution in [0.15, 0.2) is 39.5 Å². The average molecular weight is 411 g/mol. The Hall–Kier alpha value is -2.93. The predicted molar refractivity (Wildman–Crippen MR) is 112 cm³/mol. The number of thiophene rings is 1. The highest BCUT2D eigenvalue weighted by molar-refractivity contribution is 7.17. The molecule has 0 saturated heterocycles. The maximum Gasteiger partial charge on any atom is 0.349 e. The minimum absolute atomic E-state index is 0.0953. The predicted octanol–water partition coefficient (Wildman–Crippen LogP) is 4.55. The third-order valence-electron chi connectivity index (χ3n) is 5.01. The van der Waals surface area contributed by atoms with Gasteiger partial charge in [0.15, 0.2) is 0 Å². The number of anilines is 1. The lowest BCUT2D eigenvalue weighted by molar-refractivity contribution is 0.0527. The molecule has 6 nitrogen and oxygen atoms in total. The number of fused-ring (bicyclic) bond motifs is 2. The van der Waals surface area contributed by atoms with Gasteiger partial charge in [0.2, 0.25) is 0 Å². The fourth-order valence-corrected chi connectivity index (χ4v) is 4.91. The number of ether oxygens (including phenoxy) is 1. The molecule has 0 atom stereocenters. The molecule has 2 aromatic heterocycles. The van der Waals surface area contributed by atoms with Crippen molar-refractivity contribution in [1.82, 2.24) is 0 Å². The van der Waals surface area contributed by atoms with Crippen LogP contribution in [0.25, 0.3) is 11.0 Å². The highest BCUT2D eigenvalue weighted by atomic mass is 32.1. The first-order chi connectivity index (χ1) is 14.1. The van der Waals surface area contributed by atoms with E-state index >= 15 is 0 Å². The second-order valence-electron chi connectivity index (χ2n) is 6.93. The number of esters is 1. The van der Waals surface area contributed by atoms with Crippen molar-refractivity contribution in [2.75, 3.05) is 11.9 Å². The van der Waals surface area contributed by atoms with Gasteiger partial charge in [-0.2, -0.15) is 0 Å². The Balaban J connectivity index is 1.72. The van der Waals surface area contributed by atoms with Gasteiger partial charge in [-0.1, -0.05) is 24.6 Å². The lowest BCUT2D eigenvalue weighted by atomic mass is 10.1. The number of para-hydroxylation sites is 1. The number of carbonyl (C=O) groups is 2. The Kier molecular flexibility index (Phi) is 5.49. The van der Waals surface area contributed by atoms with Gasteiger partial charge in [0.1, 0.15) is 16.1 Å². The molecule has 0 saturated carbocycles. The van der Waals surface area contributed by atoms with Crippen LogP contribution in [-0.4, -0.2) is 18.5 Å². The Labute approximate surface area is 171 Å². The van der Waals surface area contributed by atoms with Crippen LogP contribution in [0.4, 0.5) is 5.00 Å². The monoisotopic (exact) mass is 411 g/mol. The number of aryl methyl sites for hydroxylation is 1. The normalized spacial score (nSPS) is 13.6. The lowest BCUT2D eigenvalue weighted by Crippen LogP contribution is -2.21. The number of hydrogen-bond acceptors (Lipinski definition) is 6. The van der Waals surface area contributed by atoms with Gasteiger partial charge in [-0.25, -0.2) is 9.59 Å². The molecule has 0 spiro atoms. The molecule has 0 aliphatic heterocycles. The molecule has 7 heteroatoms.